The third-order valence-electron chi connectivity index (χ3n) is 5.75. The number of carbonyl (C=O) groups excluding carboxylic acids is 1. The Balaban J connectivity index is 1.66. The van der Waals surface area contributed by atoms with Gasteiger partial charge >= 0.3 is 0 Å². The average Bonchev–Trinajstić information content (AvgIpc) is 3.35. The van der Waals surface area contributed by atoms with Gasteiger partial charge in [0.25, 0.3) is 5.91 Å². The normalized spacial score (nSPS) is 17.3. The molecular formula is C24H27N3O4S. The number of ether oxygens (including phenoxy) is 1. The van der Waals surface area contributed by atoms with Crippen molar-refractivity contribution in [3.63, 3.8) is 0 Å². The van der Waals surface area contributed by atoms with Gasteiger partial charge in [-0.2, -0.15) is 5.10 Å². The number of anilines is 1. The lowest BCUT2D eigenvalue weighted by Crippen LogP contribution is -2.16. The maximum Gasteiger partial charge on any atom is 0.276 e. The molecule has 0 aliphatic carbocycles. The molecule has 2 heterocycles. The highest BCUT2D eigenvalue weighted by Gasteiger charge is 2.32. The van der Waals surface area contributed by atoms with Crippen molar-refractivity contribution in [2.75, 3.05) is 23.4 Å². The van der Waals surface area contributed by atoms with Crippen LogP contribution in [0.2, 0.25) is 0 Å². The first-order valence-electron chi connectivity index (χ1n) is 10.7. The molecule has 168 valence electrons. The molecule has 32 heavy (non-hydrogen) atoms. The van der Waals surface area contributed by atoms with Crippen LogP contribution in [-0.4, -0.2) is 42.2 Å². The van der Waals surface area contributed by atoms with E-state index in [1.165, 1.54) is 0 Å². The minimum Gasteiger partial charge on any atom is -0.494 e. The molecule has 4 rings (SSSR count). The molecule has 1 aliphatic rings. The van der Waals surface area contributed by atoms with E-state index in [9.17, 15) is 13.2 Å². The molecule has 0 bridgehead atoms. The lowest BCUT2D eigenvalue weighted by Gasteiger charge is -2.14. The van der Waals surface area contributed by atoms with Crippen molar-refractivity contribution in [3.05, 3.63) is 65.4 Å². The summed E-state index contributed by atoms with van der Waals surface area (Å²) in [5.74, 6) is 0.553. The molecule has 3 aromatic rings. The lowest BCUT2D eigenvalue weighted by atomic mass is 10.0. The van der Waals surface area contributed by atoms with Crippen molar-refractivity contribution in [3.8, 4) is 17.0 Å². The van der Waals surface area contributed by atoms with E-state index in [4.69, 9.17) is 4.74 Å². The second-order valence-electron chi connectivity index (χ2n) is 8.13. The number of carbonyl (C=O) groups is 1. The summed E-state index contributed by atoms with van der Waals surface area (Å²) in [5.41, 5.74) is 4.81. The molecule has 7 nitrogen and oxygen atoms in total. The van der Waals surface area contributed by atoms with Crippen molar-refractivity contribution in [1.82, 2.24) is 9.78 Å². The highest BCUT2D eigenvalue weighted by Crippen LogP contribution is 2.31. The van der Waals surface area contributed by atoms with Gasteiger partial charge in [-0.3, -0.25) is 9.48 Å². The van der Waals surface area contributed by atoms with Crippen LogP contribution in [0.3, 0.4) is 0 Å². The molecule has 2 aromatic carbocycles. The van der Waals surface area contributed by atoms with Crippen LogP contribution >= 0.6 is 0 Å². The minimum absolute atomic E-state index is 0.0342. The molecule has 1 atom stereocenters. The van der Waals surface area contributed by atoms with Gasteiger partial charge in [0.2, 0.25) is 0 Å². The highest BCUT2D eigenvalue weighted by molar-refractivity contribution is 7.91. The lowest BCUT2D eigenvalue weighted by molar-refractivity contribution is 0.102. The number of nitrogens with one attached hydrogen (secondary N) is 1. The Morgan fingerprint density at radius 2 is 1.88 bits per heavy atom. The molecule has 0 spiro atoms. The predicted octanol–water partition coefficient (Wildman–Crippen LogP) is 4.18. The molecule has 1 fully saturated rings. The van der Waals surface area contributed by atoms with Crippen LogP contribution in [0.25, 0.3) is 11.3 Å². The van der Waals surface area contributed by atoms with Gasteiger partial charge < -0.3 is 10.1 Å². The Morgan fingerprint density at radius 3 is 2.50 bits per heavy atom. The van der Waals surface area contributed by atoms with Crippen LogP contribution in [-0.2, 0) is 9.84 Å². The number of aryl methyl sites for hydroxylation is 2. The fraction of sp³-hybridized carbons (Fsp3) is 0.333. The zero-order chi connectivity index (χ0) is 22.9. The number of amides is 1. The van der Waals surface area contributed by atoms with Gasteiger partial charge in [-0.1, -0.05) is 12.1 Å². The summed E-state index contributed by atoms with van der Waals surface area (Å²) >= 11 is 0. The summed E-state index contributed by atoms with van der Waals surface area (Å²) in [5, 5.41) is 7.40. The van der Waals surface area contributed by atoms with Crippen LogP contribution in [0.5, 0.6) is 5.75 Å². The predicted molar refractivity (Wildman–Crippen MR) is 125 cm³/mol. The Kier molecular flexibility index (Phi) is 6.06. The molecule has 1 amide bonds. The van der Waals surface area contributed by atoms with Gasteiger partial charge in [0.15, 0.2) is 15.5 Å². The third kappa shape index (κ3) is 4.70. The first-order valence-corrected chi connectivity index (χ1v) is 12.5. The van der Waals surface area contributed by atoms with Gasteiger partial charge in [-0.25, -0.2) is 8.42 Å². The van der Waals surface area contributed by atoms with E-state index in [-0.39, 0.29) is 29.1 Å². The van der Waals surface area contributed by atoms with Crippen molar-refractivity contribution in [2.45, 2.75) is 33.2 Å². The SMILES string of the molecule is CCOc1ccc(NC(=O)c2cc(-c3ccc(C)c(C)c3)n([C@@H]3CCS(=O)(=O)C3)n2)cc1. The zero-order valence-electron chi connectivity index (χ0n) is 18.5. The fourth-order valence-electron chi connectivity index (χ4n) is 3.86. The standard InChI is InChI=1S/C24H27N3O4S/c1-4-31-21-9-7-19(8-10-21)25-24(28)22-14-23(18-6-5-16(2)17(3)13-18)27(26-22)20-11-12-32(29,30)15-20/h5-10,13-14,20H,4,11-12,15H2,1-3H3,(H,25,28)/t20-/m1/s1. The van der Waals surface area contributed by atoms with Crippen molar-refractivity contribution >= 4 is 21.4 Å². The molecule has 1 N–H and O–H groups in total. The van der Waals surface area contributed by atoms with Gasteiger partial charge in [-0.15, -0.1) is 0 Å². The van der Waals surface area contributed by atoms with Gasteiger partial charge in [0.05, 0.1) is 29.8 Å². The summed E-state index contributed by atoms with van der Waals surface area (Å²) in [7, 11) is -3.10. The quantitative estimate of drug-likeness (QED) is 0.605. The zero-order valence-corrected chi connectivity index (χ0v) is 19.3. The largest absolute Gasteiger partial charge is 0.494 e. The topological polar surface area (TPSA) is 90.3 Å². The molecule has 0 unspecified atom stereocenters. The van der Waals surface area contributed by atoms with Gasteiger partial charge in [0, 0.05) is 11.3 Å². The minimum atomic E-state index is -3.10. The van der Waals surface area contributed by atoms with E-state index in [1.807, 2.05) is 39.0 Å². The maximum absolute atomic E-state index is 12.9. The Hall–Kier alpha value is -3.13. The second-order valence-corrected chi connectivity index (χ2v) is 10.4. The summed E-state index contributed by atoms with van der Waals surface area (Å²) in [6.45, 7) is 6.55. The molecule has 8 heteroatoms. The van der Waals surface area contributed by atoms with Crippen LogP contribution < -0.4 is 10.1 Å². The molecule has 0 radical (unpaired) electrons. The second kappa shape index (κ2) is 8.78. The maximum atomic E-state index is 12.9. The third-order valence-corrected chi connectivity index (χ3v) is 7.50. The van der Waals surface area contributed by atoms with E-state index in [0.717, 1.165) is 28.1 Å². The first kappa shape index (κ1) is 22.1. The van der Waals surface area contributed by atoms with Crippen LogP contribution in [0.15, 0.2) is 48.5 Å². The number of rotatable bonds is 6. The van der Waals surface area contributed by atoms with Gasteiger partial charge in [0.1, 0.15) is 5.75 Å². The van der Waals surface area contributed by atoms with E-state index in [2.05, 4.69) is 10.4 Å². The van der Waals surface area contributed by atoms with Crippen LogP contribution in [0.4, 0.5) is 5.69 Å². The summed E-state index contributed by atoms with van der Waals surface area (Å²) in [4.78, 5) is 12.9. The average molecular weight is 454 g/mol. The van der Waals surface area contributed by atoms with E-state index in [0.29, 0.717) is 18.7 Å². The van der Waals surface area contributed by atoms with Crippen LogP contribution in [0, 0.1) is 13.8 Å². The Labute approximate surface area is 188 Å². The van der Waals surface area contributed by atoms with Crippen molar-refractivity contribution in [2.24, 2.45) is 0 Å². The summed E-state index contributed by atoms with van der Waals surface area (Å²) < 4.78 is 31.3. The monoisotopic (exact) mass is 453 g/mol. The number of benzene rings is 2. The highest BCUT2D eigenvalue weighted by atomic mass is 32.2. The van der Waals surface area contributed by atoms with Crippen molar-refractivity contribution in [1.29, 1.82) is 0 Å². The summed E-state index contributed by atoms with van der Waals surface area (Å²) in [6.07, 6.45) is 0.488. The van der Waals surface area contributed by atoms with E-state index >= 15 is 0 Å². The van der Waals surface area contributed by atoms with E-state index in [1.54, 1.807) is 35.0 Å². The molecule has 1 saturated heterocycles. The number of sulfone groups is 1. The van der Waals surface area contributed by atoms with Crippen LogP contribution in [0.1, 0.15) is 41.0 Å². The number of hydrogen-bond acceptors (Lipinski definition) is 5. The Morgan fingerprint density at radius 1 is 1.12 bits per heavy atom. The molecule has 0 saturated carbocycles. The molecule has 1 aliphatic heterocycles. The molecular weight excluding hydrogens is 426 g/mol. The summed E-state index contributed by atoms with van der Waals surface area (Å²) in [6, 6.07) is 14.6. The fourth-order valence-corrected chi connectivity index (χ4v) is 5.56. The number of hydrogen-bond donors (Lipinski definition) is 1. The number of aromatic nitrogens is 2. The van der Waals surface area contributed by atoms with Gasteiger partial charge in [-0.05, 0) is 74.7 Å². The van der Waals surface area contributed by atoms with Crippen molar-refractivity contribution < 1.29 is 17.9 Å². The smallest absolute Gasteiger partial charge is 0.276 e. The Bertz CT molecular complexity index is 1250. The molecule has 1 aromatic heterocycles. The first-order chi connectivity index (χ1) is 15.3. The number of nitrogens with zero attached hydrogens (tertiary/aromatic N) is 2. The van der Waals surface area contributed by atoms with E-state index < -0.39 is 9.84 Å².